The van der Waals surface area contributed by atoms with Crippen molar-refractivity contribution in [3.63, 3.8) is 0 Å². The Morgan fingerprint density at radius 1 is 1.60 bits per heavy atom. The summed E-state index contributed by atoms with van der Waals surface area (Å²) in [6.07, 6.45) is 2.22. The average Bonchev–Trinajstić information content (AvgIpc) is 2.15. The number of hydrogen-bond acceptors (Lipinski definition) is 3. The molecule has 0 amide bonds. The van der Waals surface area contributed by atoms with E-state index < -0.39 is 5.41 Å². The van der Waals surface area contributed by atoms with Crippen LogP contribution in [0.2, 0.25) is 5.15 Å². The fraction of sp³-hybridized carbons (Fsp3) is 0.455. The molecule has 3 nitrogen and oxygen atoms in total. The van der Waals surface area contributed by atoms with Crippen LogP contribution >= 0.6 is 11.6 Å². The van der Waals surface area contributed by atoms with Gasteiger partial charge in [-0.15, -0.1) is 0 Å². The molecular weight excluding hydrogens is 214 g/mol. The van der Waals surface area contributed by atoms with Gasteiger partial charge in [0.1, 0.15) is 5.15 Å². The Balaban J connectivity index is 2.81. The van der Waals surface area contributed by atoms with E-state index in [2.05, 4.69) is 4.98 Å². The molecular formula is C11H14ClNO2. The minimum atomic E-state index is -0.542. The maximum Gasteiger partial charge on any atom is 0.311 e. The van der Waals surface area contributed by atoms with Crippen LogP contribution in [0.25, 0.3) is 0 Å². The molecule has 0 atom stereocenters. The summed E-state index contributed by atoms with van der Waals surface area (Å²) in [6.45, 7) is 3.68. The van der Waals surface area contributed by atoms with E-state index in [0.717, 1.165) is 5.56 Å². The molecule has 0 aliphatic carbocycles. The summed E-state index contributed by atoms with van der Waals surface area (Å²) in [4.78, 5) is 15.3. The maximum absolute atomic E-state index is 11.5. The Bertz CT molecular complexity index is 363. The monoisotopic (exact) mass is 227 g/mol. The molecule has 0 aliphatic heterocycles. The third-order valence-electron chi connectivity index (χ3n) is 2.18. The van der Waals surface area contributed by atoms with Crippen LogP contribution < -0.4 is 0 Å². The molecule has 0 aliphatic rings. The zero-order chi connectivity index (χ0) is 11.5. The van der Waals surface area contributed by atoms with Crippen LogP contribution in [-0.4, -0.2) is 18.1 Å². The molecule has 1 aromatic heterocycles. The Morgan fingerprint density at radius 3 is 2.80 bits per heavy atom. The van der Waals surface area contributed by atoms with Gasteiger partial charge in [0.2, 0.25) is 0 Å². The number of carbonyl (C=O) groups excluding carboxylic acids is 1. The van der Waals surface area contributed by atoms with E-state index in [1.807, 2.05) is 19.9 Å². The second kappa shape index (κ2) is 4.62. The Labute approximate surface area is 94.4 Å². The minimum Gasteiger partial charge on any atom is -0.469 e. The van der Waals surface area contributed by atoms with Crippen LogP contribution in [-0.2, 0) is 16.0 Å². The summed E-state index contributed by atoms with van der Waals surface area (Å²) >= 11 is 5.76. The molecule has 0 fully saturated rings. The fourth-order valence-electron chi connectivity index (χ4n) is 1.41. The van der Waals surface area contributed by atoms with Crippen LogP contribution in [0.15, 0.2) is 18.3 Å². The van der Waals surface area contributed by atoms with Gasteiger partial charge < -0.3 is 4.74 Å². The number of esters is 1. The lowest BCUT2D eigenvalue weighted by molar-refractivity contribution is -0.150. The summed E-state index contributed by atoms with van der Waals surface area (Å²) in [5.74, 6) is -0.226. The van der Waals surface area contributed by atoms with Crippen molar-refractivity contribution in [3.8, 4) is 0 Å². The molecule has 15 heavy (non-hydrogen) atoms. The average molecular weight is 228 g/mol. The Morgan fingerprint density at radius 2 is 2.27 bits per heavy atom. The molecule has 0 unspecified atom stereocenters. The smallest absolute Gasteiger partial charge is 0.311 e. The van der Waals surface area contributed by atoms with Crippen molar-refractivity contribution in [2.45, 2.75) is 20.3 Å². The second-order valence-electron chi connectivity index (χ2n) is 4.04. The lowest BCUT2D eigenvalue weighted by Gasteiger charge is -2.21. The number of hydrogen-bond donors (Lipinski definition) is 0. The van der Waals surface area contributed by atoms with Gasteiger partial charge in [-0.2, -0.15) is 0 Å². The topological polar surface area (TPSA) is 39.2 Å². The van der Waals surface area contributed by atoms with Crippen LogP contribution in [0, 0.1) is 5.41 Å². The molecule has 0 bridgehead atoms. The molecule has 0 spiro atoms. The quantitative estimate of drug-likeness (QED) is 0.588. The van der Waals surface area contributed by atoms with Gasteiger partial charge in [0, 0.05) is 6.20 Å². The van der Waals surface area contributed by atoms with Crippen molar-refractivity contribution in [1.29, 1.82) is 0 Å². The molecule has 0 saturated heterocycles. The van der Waals surface area contributed by atoms with Gasteiger partial charge in [-0.05, 0) is 38.0 Å². The van der Waals surface area contributed by atoms with Gasteiger partial charge in [-0.25, -0.2) is 4.98 Å². The third kappa shape index (κ3) is 3.20. The highest BCUT2D eigenvalue weighted by Crippen LogP contribution is 2.24. The first-order valence-corrected chi connectivity index (χ1v) is 5.02. The van der Waals surface area contributed by atoms with E-state index in [1.54, 1.807) is 12.3 Å². The largest absolute Gasteiger partial charge is 0.469 e. The van der Waals surface area contributed by atoms with Crippen molar-refractivity contribution >= 4 is 17.6 Å². The molecule has 0 saturated carbocycles. The molecule has 82 valence electrons. The van der Waals surface area contributed by atoms with Crippen molar-refractivity contribution in [1.82, 2.24) is 4.98 Å². The van der Waals surface area contributed by atoms with Crippen LogP contribution in [0.4, 0.5) is 0 Å². The fourth-order valence-corrected chi connectivity index (χ4v) is 1.61. The molecule has 0 radical (unpaired) electrons. The van der Waals surface area contributed by atoms with Gasteiger partial charge in [0.25, 0.3) is 0 Å². The minimum absolute atomic E-state index is 0.226. The standard InChI is InChI=1S/C11H14ClNO2/c1-11(2,10(14)15-3)7-8-4-5-13-9(12)6-8/h4-6H,7H2,1-3H3. The lowest BCUT2D eigenvalue weighted by atomic mass is 9.86. The van der Waals surface area contributed by atoms with Crippen LogP contribution in [0.3, 0.4) is 0 Å². The number of carbonyl (C=O) groups is 1. The maximum atomic E-state index is 11.5. The third-order valence-corrected chi connectivity index (χ3v) is 2.38. The van der Waals surface area contributed by atoms with E-state index in [4.69, 9.17) is 16.3 Å². The van der Waals surface area contributed by atoms with Gasteiger partial charge in [-0.3, -0.25) is 4.79 Å². The number of rotatable bonds is 3. The van der Waals surface area contributed by atoms with E-state index in [-0.39, 0.29) is 5.97 Å². The summed E-state index contributed by atoms with van der Waals surface area (Å²) in [5, 5.41) is 0.438. The first-order valence-electron chi connectivity index (χ1n) is 4.64. The van der Waals surface area contributed by atoms with E-state index >= 15 is 0 Å². The summed E-state index contributed by atoms with van der Waals surface area (Å²) < 4.78 is 4.73. The SMILES string of the molecule is COC(=O)C(C)(C)Cc1ccnc(Cl)c1. The number of ether oxygens (including phenoxy) is 1. The highest BCUT2D eigenvalue weighted by molar-refractivity contribution is 6.29. The first-order chi connectivity index (χ1) is 6.95. The molecule has 4 heteroatoms. The molecule has 1 heterocycles. The van der Waals surface area contributed by atoms with Crippen molar-refractivity contribution in [2.75, 3.05) is 7.11 Å². The molecule has 0 aromatic carbocycles. The lowest BCUT2D eigenvalue weighted by Crippen LogP contribution is -2.27. The van der Waals surface area contributed by atoms with Gasteiger partial charge in [0.05, 0.1) is 12.5 Å². The zero-order valence-electron chi connectivity index (χ0n) is 9.08. The Hall–Kier alpha value is -1.09. The van der Waals surface area contributed by atoms with E-state index in [0.29, 0.717) is 11.6 Å². The van der Waals surface area contributed by atoms with Crippen LogP contribution in [0.5, 0.6) is 0 Å². The van der Waals surface area contributed by atoms with E-state index in [1.165, 1.54) is 7.11 Å². The van der Waals surface area contributed by atoms with Gasteiger partial charge in [-0.1, -0.05) is 11.6 Å². The van der Waals surface area contributed by atoms with Gasteiger partial charge in [0.15, 0.2) is 0 Å². The number of nitrogens with zero attached hydrogens (tertiary/aromatic N) is 1. The normalized spacial score (nSPS) is 11.2. The molecule has 1 rings (SSSR count). The van der Waals surface area contributed by atoms with Crippen molar-refractivity contribution in [2.24, 2.45) is 5.41 Å². The zero-order valence-corrected chi connectivity index (χ0v) is 9.84. The predicted octanol–water partition coefficient (Wildman–Crippen LogP) is 2.48. The summed E-state index contributed by atoms with van der Waals surface area (Å²) in [6, 6.07) is 3.60. The van der Waals surface area contributed by atoms with Crippen molar-refractivity contribution < 1.29 is 9.53 Å². The number of methoxy groups -OCH3 is 1. The summed E-state index contributed by atoms with van der Waals surface area (Å²) in [5.41, 5.74) is 0.435. The number of halogens is 1. The second-order valence-corrected chi connectivity index (χ2v) is 4.43. The Kier molecular flexibility index (Phi) is 3.69. The predicted molar refractivity (Wildman–Crippen MR) is 58.7 cm³/mol. The first kappa shape index (κ1) is 12.0. The van der Waals surface area contributed by atoms with Crippen molar-refractivity contribution in [3.05, 3.63) is 29.0 Å². The number of pyridine rings is 1. The van der Waals surface area contributed by atoms with Crippen LogP contribution in [0.1, 0.15) is 19.4 Å². The van der Waals surface area contributed by atoms with Gasteiger partial charge >= 0.3 is 5.97 Å². The summed E-state index contributed by atoms with van der Waals surface area (Å²) in [7, 11) is 1.39. The highest BCUT2D eigenvalue weighted by Gasteiger charge is 2.28. The highest BCUT2D eigenvalue weighted by atomic mass is 35.5. The molecule has 0 N–H and O–H groups in total. The molecule has 1 aromatic rings. The van der Waals surface area contributed by atoms with E-state index in [9.17, 15) is 4.79 Å². The number of aromatic nitrogens is 1.